The maximum absolute atomic E-state index is 13.3. The molecule has 0 radical (unpaired) electrons. The molecule has 1 aliphatic rings. The summed E-state index contributed by atoms with van der Waals surface area (Å²) in [7, 11) is 5.45. The number of para-hydroxylation sites is 1. The minimum atomic E-state index is -0.700. The number of aliphatic hydroxyl groups excluding tert-OH is 1. The van der Waals surface area contributed by atoms with Crippen molar-refractivity contribution in [2.45, 2.75) is 19.4 Å². The van der Waals surface area contributed by atoms with E-state index in [1.54, 1.807) is 17.0 Å². The lowest BCUT2D eigenvalue weighted by Gasteiger charge is -2.25. The molecule has 0 spiro atoms. The monoisotopic (exact) mass is 447 g/mol. The fourth-order valence-corrected chi connectivity index (χ4v) is 4.46. The summed E-state index contributed by atoms with van der Waals surface area (Å²) in [4.78, 5) is 33.3. The van der Waals surface area contributed by atoms with Gasteiger partial charge in [0.1, 0.15) is 11.5 Å². The summed E-state index contributed by atoms with van der Waals surface area (Å²) in [6.45, 7) is 3.07. The van der Waals surface area contributed by atoms with Gasteiger partial charge in [0.25, 0.3) is 11.7 Å². The lowest BCUT2D eigenvalue weighted by Crippen LogP contribution is -2.32. The zero-order valence-corrected chi connectivity index (χ0v) is 19.4. The highest BCUT2D eigenvalue weighted by Gasteiger charge is 2.46. The molecule has 0 aliphatic carbocycles. The van der Waals surface area contributed by atoms with E-state index in [0.717, 1.165) is 28.6 Å². The van der Waals surface area contributed by atoms with Crippen molar-refractivity contribution in [1.82, 2.24) is 14.8 Å². The van der Waals surface area contributed by atoms with Gasteiger partial charge in [-0.3, -0.25) is 9.59 Å². The number of nitrogens with zero attached hydrogens (tertiary/aromatic N) is 2. The molecule has 3 aromatic rings. The number of rotatable bonds is 7. The number of methoxy groups -OCH3 is 1. The molecule has 1 fully saturated rings. The van der Waals surface area contributed by atoms with Gasteiger partial charge in [0, 0.05) is 29.2 Å². The third-order valence-corrected chi connectivity index (χ3v) is 6.07. The number of benzene rings is 2. The SMILES string of the molecule is COc1ccc(C)cc1/C(O)=C1\C(=O)C(=O)N(CCCN(C)C)C1c1c[nH]c2ccccc12. The Balaban J connectivity index is 1.91. The number of carbonyl (C=O) groups excluding carboxylic acids is 2. The van der Waals surface area contributed by atoms with Crippen molar-refractivity contribution in [3.8, 4) is 5.75 Å². The minimum Gasteiger partial charge on any atom is -0.507 e. The van der Waals surface area contributed by atoms with Gasteiger partial charge in [0.15, 0.2) is 0 Å². The smallest absolute Gasteiger partial charge is 0.295 e. The molecule has 1 aliphatic heterocycles. The number of ketones is 1. The normalized spacial score (nSPS) is 18.0. The molecule has 2 N–H and O–H groups in total. The van der Waals surface area contributed by atoms with Gasteiger partial charge in [-0.15, -0.1) is 0 Å². The first kappa shape index (κ1) is 22.6. The molecule has 4 rings (SSSR count). The number of nitrogens with one attached hydrogen (secondary N) is 1. The van der Waals surface area contributed by atoms with Crippen LogP contribution in [0.3, 0.4) is 0 Å². The summed E-state index contributed by atoms with van der Waals surface area (Å²) in [6, 6.07) is 12.4. The van der Waals surface area contributed by atoms with Gasteiger partial charge in [0.05, 0.1) is 24.3 Å². The van der Waals surface area contributed by atoms with Crippen molar-refractivity contribution in [3.63, 3.8) is 0 Å². The van der Waals surface area contributed by atoms with Gasteiger partial charge in [-0.05, 0) is 52.2 Å². The number of aromatic amines is 1. The molecule has 33 heavy (non-hydrogen) atoms. The Morgan fingerprint density at radius 1 is 1.18 bits per heavy atom. The standard InChI is InChI=1S/C26H29N3O4/c1-16-10-11-21(33-4)18(14-16)24(30)22-23(19-15-27-20-9-6-5-8-17(19)20)29(26(32)25(22)31)13-7-12-28(2)3/h5-6,8-11,14-15,23,27,30H,7,12-13H2,1-4H3/b24-22+. The molecule has 0 bridgehead atoms. The fraction of sp³-hybridized carbons (Fsp3) is 0.308. The Kier molecular flexibility index (Phi) is 6.24. The lowest BCUT2D eigenvalue weighted by atomic mass is 9.94. The van der Waals surface area contributed by atoms with Gasteiger partial charge in [0.2, 0.25) is 0 Å². The van der Waals surface area contributed by atoms with Crippen molar-refractivity contribution < 1.29 is 19.4 Å². The van der Waals surface area contributed by atoms with Crippen molar-refractivity contribution in [2.24, 2.45) is 0 Å². The fourth-order valence-electron chi connectivity index (χ4n) is 4.46. The molecule has 7 heteroatoms. The van der Waals surface area contributed by atoms with Crippen LogP contribution in [0.5, 0.6) is 5.75 Å². The van der Waals surface area contributed by atoms with Crippen LogP contribution in [0.4, 0.5) is 0 Å². The van der Waals surface area contributed by atoms with Crippen LogP contribution in [-0.2, 0) is 9.59 Å². The van der Waals surface area contributed by atoms with Crippen molar-refractivity contribution in [2.75, 3.05) is 34.3 Å². The van der Waals surface area contributed by atoms with Crippen LogP contribution in [0.1, 0.15) is 29.2 Å². The van der Waals surface area contributed by atoms with Crippen LogP contribution in [0, 0.1) is 6.92 Å². The number of Topliss-reactive ketones (excluding diaryl/α,β-unsaturated/α-hetero) is 1. The minimum absolute atomic E-state index is 0.0820. The van der Waals surface area contributed by atoms with Crippen LogP contribution in [0.15, 0.2) is 54.2 Å². The van der Waals surface area contributed by atoms with E-state index in [1.807, 2.05) is 62.4 Å². The summed E-state index contributed by atoms with van der Waals surface area (Å²) in [6.07, 6.45) is 2.52. The van der Waals surface area contributed by atoms with Crippen molar-refractivity contribution >= 4 is 28.4 Å². The van der Waals surface area contributed by atoms with Crippen molar-refractivity contribution in [3.05, 3.63) is 70.9 Å². The molecule has 1 amide bonds. The highest BCUT2D eigenvalue weighted by Crippen LogP contribution is 2.43. The van der Waals surface area contributed by atoms with E-state index >= 15 is 0 Å². The number of fused-ring (bicyclic) bond motifs is 1. The zero-order chi connectivity index (χ0) is 23.7. The molecule has 2 aromatic carbocycles. The Bertz CT molecular complexity index is 1240. The number of H-pyrrole nitrogens is 1. The van der Waals surface area contributed by atoms with Crippen LogP contribution >= 0.6 is 0 Å². The maximum Gasteiger partial charge on any atom is 0.295 e. The maximum atomic E-state index is 13.3. The molecule has 1 aromatic heterocycles. The first-order valence-corrected chi connectivity index (χ1v) is 11.0. The summed E-state index contributed by atoms with van der Waals surface area (Å²) >= 11 is 0. The summed E-state index contributed by atoms with van der Waals surface area (Å²) in [5, 5.41) is 12.3. The quantitative estimate of drug-likeness (QED) is 0.326. The molecule has 172 valence electrons. The molecule has 1 unspecified atom stereocenters. The third-order valence-electron chi connectivity index (χ3n) is 6.07. The van der Waals surface area contributed by atoms with Gasteiger partial charge in [-0.1, -0.05) is 29.8 Å². The van der Waals surface area contributed by atoms with Crippen LogP contribution in [0.25, 0.3) is 16.7 Å². The van der Waals surface area contributed by atoms with E-state index in [1.165, 1.54) is 7.11 Å². The van der Waals surface area contributed by atoms with Gasteiger partial charge in [-0.25, -0.2) is 0 Å². The predicted octanol–water partition coefficient (Wildman–Crippen LogP) is 3.86. The highest BCUT2D eigenvalue weighted by atomic mass is 16.5. The topological polar surface area (TPSA) is 85.9 Å². The number of hydrogen-bond acceptors (Lipinski definition) is 5. The van der Waals surface area contributed by atoms with Crippen LogP contribution < -0.4 is 4.74 Å². The Morgan fingerprint density at radius 2 is 1.94 bits per heavy atom. The molecule has 0 saturated carbocycles. The van der Waals surface area contributed by atoms with E-state index in [9.17, 15) is 14.7 Å². The van der Waals surface area contributed by atoms with Crippen LogP contribution in [0.2, 0.25) is 0 Å². The number of amides is 1. The average Bonchev–Trinajstić information content (AvgIpc) is 3.32. The number of carbonyl (C=O) groups is 2. The molecular formula is C26H29N3O4. The van der Waals surface area contributed by atoms with E-state index in [2.05, 4.69) is 4.98 Å². The first-order chi connectivity index (χ1) is 15.8. The number of aliphatic hydroxyl groups is 1. The summed E-state index contributed by atoms with van der Waals surface area (Å²) < 4.78 is 5.44. The van der Waals surface area contributed by atoms with E-state index in [-0.39, 0.29) is 11.3 Å². The van der Waals surface area contributed by atoms with E-state index in [0.29, 0.717) is 24.3 Å². The molecule has 2 heterocycles. The highest BCUT2D eigenvalue weighted by molar-refractivity contribution is 6.46. The Labute approximate surface area is 193 Å². The summed E-state index contributed by atoms with van der Waals surface area (Å²) in [5.74, 6) is -1.07. The second kappa shape index (κ2) is 9.11. The zero-order valence-electron chi connectivity index (χ0n) is 19.4. The first-order valence-electron chi connectivity index (χ1n) is 11.0. The molecular weight excluding hydrogens is 418 g/mol. The third kappa shape index (κ3) is 4.12. The predicted molar refractivity (Wildman–Crippen MR) is 128 cm³/mol. The second-order valence-electron chi connectivity index (χ2n) is 8.64. The second-order valence-corrected chi connectivity index (χ2v) is 8.64. The van der Waals surface area contributed by atoms with E-state index < -0.39 is 17.7 Å². The lowest BCUT2D eigenvalue weighted by molar-refractivity contribution is -0.139. The number of hydrogen-bond donors (Lipinski definition) is 2. The Hall–Kier alpha value is -3.58. The number of ether oxygens (including phenoxy) is 1. The molecule has 7 nitrogen and oxygen atoms in total. The van der Waals surface area contributed by atoms with Gasteiger partial charge >= 0.3 is 0 Å². The molecule has 1 saturated heterocycles. The molecule has 1 atom stereocenters. The van der Waals surface area contributed by atoms with Crippen LogP contribution in [-0.4, -0.2) is 65.9 Å². The number of aromatic nitrogens is 1. The summed E-state index contributed by atoms with van der Waals surface area (Å²) in [5.41, 5.74) is 3.07. The number of likely N-dealkylation sites (tertiary alicyclic amines) is 1. The van der Waals surface area contributed by atoms with Gasteiger partial charge in [-0.2, -0.15) is 0 Å². The average molecular weight is 448 g/mol. The van der Waals surface area contributed by atoms with Gasteiger partial charge < -0.3 is 24.6 Å². The number of aryl methyl sites for hydroxylation is 1. The Morgan fingerprint density at radius 3 is 2.67 bits per heavy atom. The largest absolute Gasteiger partial charge is 0.507 e. The van der Waals surface area contributed by atoms with Crippen molar-refractivity contribution in [1.29, 1.82) is 0 Å². The van der Waals surface area contributed by atoms with E-state index in [4.69, 9.17) is 4.74 Å².